The lowest BCUT2D eigenvalue weighted by molar-refractivity contribution is 0.100. The summed E-state index contributed by atoms with van der Waals surface area (Å²) in [5, 5.41) is 27.4. The number of carbonyl (C=O) groups excluding carboxylic acids is 1. The Morgan fingerprint density at radius 1 is 1.47 bits per heavy atom. The molecule has 156 valence electrons. The summed E-state index contributed by atoms with van der Waals surface area (Å²) in [4.78, 5) is 12.0. The van der Waals surface area contributed by atoms with Crippen LogP contribution < -0.4 is 15.7 Å². The first-order chi connectivity index (χ1) is 14.5. The summed E-state index contributed by atoms with van der Waals surface area (Å²) in [6.07, 6.45) is 5.84. The molecule has 3 atom stereocenters. The Balaban J connectivity index is 1.69. The van der Waals surface area contributed by atoms with E-state index < -0.39 is 13.0 Å². The van der Waals surface area contributed by atoms with E-state index in [4.69, 9.17) is 10.4 Å². The fraction of sp³-hybridized carbons (Fsp3) is 0.476. The van der Waals surface area contributed by atoms with Crippen molar-refractivity contribution in [2.75, 3.05) is 5.32 Å². The highest BCUT2D eigenvalue weighted by molar-refractivity contribution is 6.47. The summed E-state index contributed by atoms with van der Waals surface area (Å²) < 4.78 is 7.39. The van der Waals surface area contributed by atoms with Gasteiger partial charge in [0.1, 0.15) is 11.3 Å². The molecule has 1 unspecified atom stereocenters. The van der Waals surface area contributed by atoms with E-state index in [-0.39, 0.29) is 23.3 Å². The Kier molecular flexibility index (Phi) is 5.43. The molecular weight excluding hydrogens is 381 g/mol. The van der Waals surface area contributed by atoms with Gasteiger partial charge in [-0.25, -0.2) is 0 Å². The van der Waals surface area contributed by atoms with Gasteiger partial charge in [-0.3, -0.25) is 9.48 Å². The van der Waals surface area contributed by atoms with Crippen LogP contribution in [0.2, 0.25) is 0 Å². The maximum atomic E-state index is 12.0. The number of anilines is 2. The molecular formula is C21H26BN5O3. The van der Waals surface area contributed by atoms with E-state index in [0.29, 0.717) is 17.3 Å². The number of hydrogen-bond donors (Lipinski definition) is 3. The number of nitriles is 1. The molecule has 2 aliphatic rings. The average molecular weight is 407 g/mol. The van der Waals surface area contributed by atoms with Crippen LogP contribution in [0, 0.1) is 17.2 Å². The summed E-state index contributed by atoms with van der Waals surface area (Å²) >= 11 is 0. The number of nitrogens with zero attached hydrogens (tertiary/aromatic N) is 3. The number of nitrogens with one attached hydrogen (secondary N) is 1. The first kappa shape index (κ1) is 20.3. The van der Waals surface area contributed by atoms with E-state index in [9.17, 15) is 15.1 Å². The zero-order chi connectivity index (χ0) is 21.4. The molecule has 2 aromatic rings. The first-order valence-electron chi connectivity index (χ1n) is 10.5. The van der Waals surface area contributed by atoms with Gasteiger partial charge < -0.3 is 20.7 Å². The molecule has 1 aromatic carbocycles. The molecule has 0 radical (unpaired) electrons. The van der Waals surface area contributed by atoms with Crippen molar-refractivity contribution in [2.45, 2.75) is 57.8 Å². The van der Waals surface area contributed by atoms with Crippen LogP contribution in [0.5, 0.6) is 5.75 Å². The highest BCUT2D eigenvalue weighted by atomic mass is 16.5. The highest BCUT2D eigenvalue weighted by Gasteiger charge is 2.39. The predicted octanol–water partition coefficient (Wildman–Crippen LogP) is 3.06. The van der Waals surface area contributed by atoms with Gasteiger partial charge >= 0.3 is 7.12 Å². The fourth-order valence-corrected chi connectivity index (χ4v) is 4.71. The number of hydrogen-bond acceptors (Lipinski definition) is 6. The van der Waals surface area contributed by atoms with Crippen molar-refractivity contribution in [2.24, 2.45) is 11.7 Å². The van der Waals surface area contributed by atoms with Crippen LogP contribution in [-0.4, -0.2) is 27.8 Å². The number of aromatic nitrogens is 2. The van der Waals surface area contributed by atoms with Crippen molar-refractivity contribution in [3.8, 4) is 11.8 Å². The second kappa shape index (κ2) is 8.03. The van der Waals surface area contributed by atoms with E-state index in [1.54, 1.807) is 10.9 Å². The fourth-order valence-electron chi connectivity index (χ4n) is 4.71. The van der Waals surface area contributed by atoms with Gasteiger partial charge in [0.15, 0.2) is 5.82 Å². The van der Waals surface area contributed by atoms with Crippen molar-refractivity contribution in [1.29, 1.82) is 5.26 Å². The summed E-state index contributed by atoms with van der Waals surface area (Å²) in [6.45, 7) is 4.09. The van der Waals surface area contributed by atoms with Crippen LogP contribution >= 0.6 is 0 Å². The van der Waals surface area contributed by atoms with Gasteiger partial charge in [0, 0.05) is 23.8 Å². The lowest BCUT2D eigenvalue weighted by Crippen LogP contribution is -2.23. The molecule has 30 heavy (non-hydrogen) atoms. The molecule has 1 saturated carbocycles. The third-order valence-corrected chi connectivity index (χ3v) is 6.26. The van der Waals surface area contributed by atoms with Gasteiger partial charge in [-0.1, -0.05) is 13.8 Å². The standard InChI is InChI=1S/C21H26BN5O3/c1-3-12-8-14(9-18-19(12)16(4-2)22(29)30-18)25-21-15(20(24)28)11-27(26-21)17-7-5-6-13(17)10-23/h8-9,11,13,16-17,29H,3-7H2,1-2H3,(H2,24,28)(H,25,26)/t13-,16?,17+/m0/s1. The summed E-state index contributed by atoms with van der Waals surface area (Å²) in [5.74, 6) is 0.265. The molecule has 9 heteroatoms. The molecule has 1 fully saturated rings. The van der Waals surface area contributed by atoms with Crippen LogP contribution in [0.1, 0.15) is 72.9 Å². The minimum atomic E-state index is -0.851. The zero-order valence-electron chi connectivity index (χ0n) is 17.3. The molecule has 0 bridgehead atoms. The lowest BCUT2D eigenvalue weighted by atomic mass is 9.68. The molecule has 4 N–H and O–H groups in total. The smallest absolute Gasteiger partial charge is 0.530 e. The minimum Gasteiger partial charge on any atom is -0.535 e. The SMILES string of the molecule is CCc1cc(Nc2nn([C@@H]3CCC[C@H]3C#N)cc2C(N)=O)cc2c1C(CC)B(O)O2. The molecule has 1 aromatic heterocycles. The van der Waals surface area contributed by atoms with Crippen LogP contribution in [-0.2, 0) is 6.42 Å². The zero-order valence-corrected chi connectivity index (χ0v) is 17.3. The Morgan fingerprint density at radius 2 is 2.27 bits per heavy atom. The molecule has 1 amide bonds. The van der Waals surface area contributed by atoms with Crippen LogP contribution in [0.4, 0.5) is 11.5 Å². The number of fused-ring (bicyclic) bond motifs is 1. The number of nitrogens with two attached hydrogens (primary N) is 1. The lowest BCUT2D eigenvalue weighted by Gasteiger charge is -2.14. The number of carbonyl (C=O) groups is 1. The van der Waals surface area contributed by atoms with Crippen molar-refractivity contribution in [3.63, 3.8) is 0 Å². The summed E-state index contributed by atoms with van der Waals surface area (Å²) in [5.41, 5.74) is 8.71. The van der Waals surface area contributed by atoms with Crippen LogP contribution in [0.3, 0.4) is 0 Å². The molecule has 0 saturated heterocycles. The van der Waals surface area contributed by atoms with Crippen molar-refractivity contribution >= 4 is 24.5 Å². The molecule has 8 nitrogen and oxygen atoms in total. The minimum absolute atomic E-state index is 0.0466. The average Bonchev–Trinajstić information content (AvgIpc) is 3.42. The molecule has 4 rings (SSSR count). The predicted molar refractivity (Wildman–Crippen MR) is 113 cm³/mol. The molecule has 2 heterocycles. The Labute approximate surface area is 176 Å². The van der Waals surface area contributed by atoms with Gasteiger partial charge in [0.25, 0.3) is 5.91 Å². The normalized spacial score (nSPS) is 22.5. The van der Waals surface area contributed by atoms with Crippen molar-refractivity contribution in [1.82, 2.24) is 9.78 Å². The van der Waals surface area contributed by atoms with Gasteiger partial charge in [-0.05, 0) is 49.3 Å². The number of aryl methyl sites for hydroxylation is 1. The Bertz CT molecular complexity index is 1010. The van der Waals surface area contributed by atoms with Gasteiger partial charge in [0.05, 0.1) is 18.0 Å². The monoisotopic (exact) mass is 407 g/mol. The van der Waals surface area contributed by atoms with E-state index in [1.807, 2.05) is 19.1 Å². The number of rotatable bonds is 6. The van der Waals surface area contributed by atoms with E-state index in [1.165, 1.54) is 0 Å². The molecule has 1 aliphatic heterocycles. The van der Waals surface area contributed by atoms with E-state index in [0.717, 1.165) is 43.2 Å². The van der Waals surface area contributed by atoms with Gasteiger partial charge in [0.2, 0.25) is 0 Å². The summed E-state index contributed by atoms with van der Waals surface area (Å²) in [7, 11) is -0.851. The third-order valence-electron chi connectivity index (χ3n) is 6.26. The quantitative estimate of drug-likeness (QED) is 0.632. The topological polar surface area (TPSA) is 126 Å². The van der Waals surface area contributed by atoms with E-state index in [2.05, 4.69) is 23.4 Å². The van der Waals surface area contributed by atoms with Crippen LogP contribution in [0.25, 0.3) is 0 Å². The van der Waals surface area contributed by atoms with E-state index >= 15 is 0 Å². The van der Waals surface area contributed by atoms with Crippen molar-refractivity contribution < 1.29 is 14.5 Å². The molecule has 1 aliphatic carbocycles. The second-order valence-corrected chi connectivity index (χ2v) is 8.02. The Hall–Kier alpha value is -2.99. The number of amides is 1. The highest BCUT2D eigenvalue weighted by Crippen LogP contribution is 2.43. The largest absolute Gasteiger partial charge is 0.535 e. The first-order valence-corrected chi connectivity index (χ1v) is 10.5. The number of primary amides is 1. The number of benzene rings is 1. The maximum absolute atomic E-state index is 12.0. The molecule has 0 spiro atoms. The second-order valence-electron chi connectivity index (χ2n) is 8.02. The summed E-state index contributed by atoms with van der Waals surface area (Å²) in [6, 6.07) is 6.11. The van der Waals surface area contributed by atoms with Gasteiger partial charge in [-0.15, -0.1) is 0 Å². The van der Waals surface area contributed by atoms with Crippen LogP contribution in [0.15, 0.2) is 18.3 Å². The third kappa shape index (κ3) is 3.41. The van der Waals surface area contributed by atoms with Crippen molar-refractivity contribution in [3.05, 3.63) is 35.0 Å². The maximum Gasteiger partial charge on any atom is 0.530 e. The Morgan fingerprint density at radius 3 is 2.93 bits per heavy atom. The van der Waals surface area contributed by atoms with Gasteiger partial charge in [-0.2, -0.15) is 10.4 Å².